The number of nitriles is 1. The van der Waals surface area contributed by atoms with Gasteiger partial charge in [0.05, 0.1) is 11.6 Å². The number of aromatic nitrogens is 1. The van der Waals surface area contributed by atoms with Gasteiger partial charge in [-0.05, 0) is 12.1 Å². The van der Waals surface area contributed by atoms with E-state index in [0.29, 0.717) is 16.7 Å². The van der Waals surface area contributed by atoms with Crippen molar-refractivity contribution < 1.29 is 13.2 Å². The van der Waals surface area contributed by atoms with E-state index in [1.54, 1.807) is 24.3 Å². The van der Waals surface area contributed by atoms with Crippen molar-refractivity contribution in [1.82, 2.24) is 4.98 Å². The Bertz CT molecular complexity index is 595. The first-order chi connectivity index (χ1) is 8.52. The highest BCUT2D eigenvalue weighted by Gasteiger charge is 2.32. The van der Waals surface area contributed by atoms with Crippen molar-refractivity contribution in [2.24, 2.45) is 0 Å². The molecule has 5 heteroatoms. The zero-order valence-corrected chi connectivity index (χ0v) is 9.07. The number of halogens is 3. The summed E-state index contributed by atoms with van der Waals surface area (Å²) in [5, 5.41) is 8.91. The molecule has 1 aromatic heterocycles. The van der Waals surface area contributed by atoms with Gasteiger partial charge in [-0.1, -0.05) is 24.3 Å². The van der Waals surface area contributed by atoms with Crippen LogP contribution in [0, 0.1) is 11.3 Å². The summed E-state index contributed by atoms with van der Waals surface area (Å²) >= 11 is 0. The fourth-order valence-electron chi connectivity index (χ4n) is 1.55. The average molecular weight is 248 g/mol. The van der Waals surface area contributed by atoms with Gasteiger partial charge < -0.3 is 0 Å². The molecule has 0 radical (unpaired) electrons. The molecule has 0 spiro atoms. The molecule has 0 aliphatic rings. The quantitative estimate of drug-likeness (QED) is 0.772. The highest BCUT2D eigenvalue weighted by molar-refractivity contribution is 5.69. The van der Waals surface area contributed by atoms with Crippen LogP contribution in [0.15, 0.2) is 42.6 Å². The minimum Gasteiger partial charge on any atom is -0.251 e. The Kier molecular flexibility index (Phi) is 3.02. The number of benzene rings is 1. The van der Waals surface area contributed by atoms with Crippen molar-refractivity contribution in [3.8, 4) is 17.2 Å². The van der Waals surface area contributed by atoms with Crippen LogP contribution in [-0.2, 0) is 6.18 Å². The van der Waals surface area contributed by atoms with Crippen molar-refractivity contribution in [3.63, 3.8) is 0 Å². The van der Waals surface area contributed by atoms with Gasteiger partial charge in [-0.25, -0.2) is 0 Å². The number of nitrogens with zero attached hydrogens (tertiary/aromatic N) is 2. The van der Waals surface area contributed by atoms with Gasteiger partial charge in [0.15, 0.2) is 0 Å². The van der Waals surface area contributed by atoms with Crippen LogP contribution in [-0.4, -0.2) is 4.98 Å². The largest absolute Gasteiger partial charge is 0.433 e. The van der Waals surface area contributed by atoms with Gasteiger partial charge in [-0.2, -0.15) is 18.4 Å². The monoisotopic (exact) mass is 248 g/mol. The summed E-state index contributed by atoms with van der Waals surface area (Å²) in [5.74, 6) is 0. The summed E-state index contributed by atoms with van der Waals surface area (Å²) in [5.41, 5.74) is 0.515. The first-order valence-corrected chi connectivity index (χ1v) is 5.05. The first kappa shape index (κ1) is 12.1. The maximum atomic E-state index is 12.4. The van der Waals surface area contributed by atoms with E-state index in [-0.39, 0.29) is 0 Å². The number of rotatable bonds is 1. The number of pyridine rings is 1. The molecule has 0 atom stereocenters. The van der Waals surface area contributed by atoms with E-state index in [4.69, 9.17) is 5.26 Å². The lowest BCUT2D eigenvalue weighted by Crippen LogP contribution is -2.07. The van der Waals surface area contributed by atoms with E-state index < -0.39 is 11.9 Å². The lowest BCUT2D eigenvalue weighted by molar-refractivity contribution is -0.141. The summed E-state index contributed by atoms with van der Waals surface area (Å²) in [6.45, 7) is 0. The zero-order chi connectivity index (χ0) is 13.2. The van der Waals surface area contributed by atoms with Gasteiger partial charge in [0.2, 0.25) is 0 Å². The summed E-state index contributed by atoms with van der Waals surface area (Å²) < 4.78 is 37.1. The van der Waals surface area contributed by atoms with Crippen molar-refractivity contribution in [1.29, 1.82) is 5.26 Å². The molecule has 0 saturated heterocycles. The Morgan fingerprint density at radius 2 is 1.78 bits per heavy atom. The molecule has 0 aliphatic carbocycles. The number of alkyl halides is 3. The van der Waals surface area contributed by atoms with E-state index in [2.05, 4.69) is 4.98 Å². The van der Waals surface area contributed by atoms with E-state index in [9.17, 15) is 13.2 Å². The molecule has 1 heterocycles. The Morgan fingerprint density at radius 3 is 2.33 bits per heavy atom. The van der Waals surface area contributed by atoms with Gasteiger partial charge in [-0.15, -0.1) is 0 Å². The molecule has 0 saturated carbocycles. The fourth-order valence-corrected chi connectivity index (χ4v) is 1.55. The van der Waals surface area contributed by atoms with Gasteiger partial charge in [0.1, 0.15) is 5.69 Å². The first-order valence-electron chi connectivity index (χ1n) is 5.05. The molecule has 18 heavy (non-hydrogen) atoms. The highest BCUT2D eigenvalue weighted by atomic mass is 19.4. The standard InChI is InChI=1S/C13H7F3N2/c14-13(15,16)12-6-5-10(8-18-12)11-4-2-1-3-9(11)7-17/h1-6,8H. The second-order valence-corrected chi connectivity index (χ2v) is 3.59. The molecular formula is C13H7F3N2. The molecule has 2 rings (SSSR count). The molecule has 90 valence electrons. The van der Waals surface area contributed by atoms with E-state index >= 15 is 0 Å². The number of hydrogen-bond donors (Lipinski definition) is 0. The summed E-state index contributed by atoms with van der Waals surface area (Å²) in [6, 6.07) is 10.9. The lowest BCUT2D eigenvalue weighted by atomic mass is 10.0. The van der Waals surface area contributed by atoms with Crippen molar-refractivity contribution in [2.45, 2.75) is 6.18 Å². The molecule has 2 nitrogen and oxygen atoms in total. The Labute approximate surface area is 101 Å². The van der Waals surface area contributed by atoms with Crippen molar-refractivity contribution in [3.05, 3.63) is 53.9 Å². The maximum absolute atomic E-state index is 12.4. The van der Waals surface area contributed by atoms with Gasteiger partial charge >= 0.3 is 6.18 Å². The normalized spacial score (nSPS) is 11.0. The van der Waals surface area contributed by atoms with Crippen molar-refractivity contribution >= 4 is 0 Å². The van der Waals surface area contributed by atoms with Crippen LogP contribution in [0.3, 0.4) is 0 Å². The second kappa shape index (κ2) is 4.49. The second-order valence-electron chi connectivity index (χ2n) is 3.59. The average Bonchev–Trinajstić information content (AvgIpc) is 2.38. The lowest BCUT2D eigenvalue weighted by Gasteiger charge is -2.07. The van der Waals surface area contributed by atoms with Gasteiger partial charge in [-0.3, -0.25) is 4.98 Å². The third-order valence-electron chi connectivity index (χ3n) is 2.41. The zero-order valence-electron chi connectivity index (χ0n) is 9.07. The molecule has 1 aromatic carbocycles. The molecule has 0 unspecified atom stereocenters. The van der Waals surface area contributed by atoms with Crippen molar-refractivity contribution in [2.75, 3.05) is 0 Å². The predicted octanol–water partition coefficient (Wildman–Crippen LogP) is 3.64. The summed E-state index contributed by atoms with van der Waals surface area (Å²) in [6.07, 6.45) is -3.33. The molecule has 2 aromatic rings. The third kappa shape index (κ3) is 2.33. The van der Waals surface area contributed by atoms with Crippen LogP contribution in [0.1, 0.15) is 11.3 Å². The molecule has 0 aliphatic heterocycles. The minimum absolute atomic E-state index is 0.402. The molecule has 0 amide bonds. The van der Waals surface area contributed by atoms with E-state index in [1.807, 2.05) is 6.07 Å². The third-order valence-corrected chi connectivity index (χ3v) is 2.41. The smallest absolute Gasteiger partial charge is 0.251 e. The van der Waals surface area contributed by atoms with E-state index in [1.165, 1.54) is 6.07 Å². The van der Waals surface area contributed by atoms with Crippen LogP contribution in [0.25, 0.3) is 11.1 Å². The Balaban J connectivity index is 2.45. The highest BCUT2D eigenvalue weighted by Crippen LogP contribution is 2.29. The molecule has 0 fully saturated rings. The van der Waals surface area contributed by atoms with Gasteiger partial charge in [0, 0.05) is 17.3 Å². The summed E-state index contributed by atoms with van der Waals surface area (Å²) in [7, 11) is 0. The van der Waals surface area contributed by atoms with Crippen LogP contribution in [0.4, 0.5) is 13.2 Å². The van der Waals surface area contributed by atoms with Crippen LogP contribution >= 0.6 is 0 Å². The van der Waals surface area contributed by atoms with E-state index in [0.717, 1.165) is 12.3 Å². The predicted molar refractivity (Wildman–Crippen MR) is 59.4 cm³/mol. The molecule has 0 N–H and O–H groups in total. The van der Waals surface area contributed by atoms with Crippen LogP contribution < -0.4 is 0 Å². The molecule has 0 bridgehead atoms. The summed E-state index contributed by atoms with van der Waals surface area (Å²) in [4.78, 5) is 3.37. The number of hydrogen-bond acceptors (Lipinski definition) is 2. The van der Waals surface area contributed by atoms with Crippen LogP contribution in [0.5, 0.6) is 0 Å². The fraction of sp³-hybridized carbons (Fsp3) is 0.0769. The Hall–Kier alpha value is -2.35. The SMILES string of the molecule is N#Cc1ccccc1-c1ccc(C(F)(F)F)nc1. The van der Waals surface area contributed by atoms with Crippen LogP contribution in [0.2, 0.25) is 0 Å². The Morgan fingerprint density at radius 1 is 1.06 bits per heavy atom. The topological polar surface area (TPSA) is 36.7 Å². The van der Waals surface area contributed by atoms with Gasteiger partial charge in [0.25, 0.3) is 0 Å². The maximum Gasteiger partial charge on any atom is 0.433 e. The minimum atomic E-state index is -4.45. The molecular weight excluding hydrogens is 241 g/mol.